The highest BCUT2D eigenvalue weighted by Crippen LogP contribution is 2.33. The van der Waals surface area contributed by atoms with Crippen LogP contribution >= 0.6 is 0 Å². The topological polar surface area (TPSA) is 47.3 Å². The smallest absolute Gasteiger partial charge is 0.174 e. The van der Waals surface area contributed by atoms with Gasteiger partial charge in [-0.05, 0) is 43.1 Å². The summed E-state index contributed by atoms with van der Waals surface area (Å²) in [6, 6.07) is 8.60. The largest absolute Gasteiger partial charge is 0.486 e. The van der Waals surface area contributed by atoms with E-state index in [-0.39, 0.29) is 0 Å². The zero-order chi connectivity index (χ0) is 12.4. The third kappa shape index (κ3) is 2.11. The van der Waals surface area contributed by atoms with Crippen LogP contribution in [0, 0.1) is 0 Å². The molecule has 0 spiro atoms. The summed E-state index contributed by atoms with van der Waals surface area (Å²) in [5.41, 5.74) is 2.77. The van der Waals surface area contributed by atoms with Crippen molar-refractivity contribution < 1.29 is 9.26 Å². The van der Waals surface area contributed by atoms with E-state index in [2.05, 4.69) is 22.6 Å². The molecule has 94 valence electrons. The monoisotopic (exact) mass is 244 g/mol. The first kappa shape index (κ1) is 11.3. The molecule has 0 saturated carbocycles. The zero-order valence-corrected chi connectivity index (χ0v) is 10.3. The van der Waals surface area contributed by atoms with E-state index in [0.29, 0.717) is 12.6 Å². The van der Waals surface area contributed by atoms with Gasteiger partial charge >= 0.3 is 0 Å². The molecule has 1 aliphatic rings. The molecular formula is C14H16N2O2. The van der Waals surface area contributed by atoms with Gasteiger partial charge in [0.05, 0.1) is 6.20 Å². The van der Waals surface area contributed by atoms with Gasteiger partial charge in [0.25, 0.3) is 0 Å². The molecule has 0 fully saturated rings. The number of nitrogens with one attached hydrogen (secondary N) is 1. The lowest BCUT2D eigenvalue weighted by atomic mass is 10.1. The van der Waals surface area contributed by atoms with Crippen LogP contribution in [-0.2, 0) is 13.0 Å². The number of aryl methyl sites for hydroxylation is 1. The van der Waals surface area contributed by atoms with Crippen molar-refractivity contribution >= 4 is 0 Å². The highest BCUT2D eigenvalue weighted by atomic mass is 16.5. The minimum Gasteiger partial charge on any atom is -0.486 e. The van der Waals surface area contributed by atoms with Crippen molar-refractivity contribution in [3.63, 3.8) is 0 Å². The molecule has 1 aliphatic carbocycles. The molecule has 0 bridgehead atoms. The first-order chi connectivity index (χ1) is 8.86. The number of hydrogen-bond donors (Lipinski definition) is 1. The van der Waals surface area contributed by atoms with Crippen LogP contribution in [0.5, 0.6) is 5.75 Å². The fourth-order valence-corrected chi connectivity index (χ4v) is 2.45. The average molecular weight is 244 g/mol. The van der Waals surface area contributed by atoms with Crippen molar-refractivity contribution in [3.8, 4) is 5.75 Å². The van der Waals surface area contributed by atoms with E-state index < -0.39 is 0 Å². The maximum absolute atomic E-state index is 5.69. The van der Waals surface area contributed by atoms with Crippen molar-refractivity contribution in [2.45, 2.75) is 25.5 Å². The average Bonchev–Trinajstić information content (AvgIpc) is 3.05. The Balaban J connectivity index is 1.71. The van der Waals surface area contributed by atoms with E-state index in [1.165, 1.54) is 11.1 Å². The zero-order valence-electron chi connectivity index (χ0n) is 10.3. The number of rotatable bonds is 4. The maximum Gasteiger partial charge on any atom is 0.174 e. The van der Waals surface area contributed by atoms with Crippen LogP contribution < -0.4 is 10.1 Å². The number of aromatic nitrogens is 1. The molecule has 1 unspecified atom stereocenters. The van der Waals surface area contributed by atoms with Crippen molar-refractivity contribution in [2.75, 3.05) is 7.05 Å². The summed E-state index contributed by atoms with van der Waals surface area (Å²) in [4.78, 5) is 0. The van der Waals surface area contributed by atoms with Gasteiger partial charge < -0.3 is 14.6 Å². The van der Waals surface area contributed by atoms with E-state index in [1.54, 1.807) is 6.20 Å². The Morgan fingerprint density at radius 1 is 1.44 bits per heavy atom. The quantitative estimate of drug-likeness (QED) is 0.897. The van der Waals surface area contributed by atoms with Crippen LogP contribution in [-0.4, -0.2) is 12.2 Å². The predicted molar refractivity (Wildman–Crippen MR) is 67.4 cm³/mol. The molecule has 0 amide bonds. The predicted octanol–water partition coefficient (Wildman–Crippen LogP) is 2.46. The fraction of sp³-hybridized carbons (Fsp3) is 0.357. The Hall–Kier alpha value is -1.81. The number of ether oxygens (including phenoxy) is 1. The van der Waals surface area contributed by atoms with Crippen LogP contribution in [0.1, 0.15) is 29.3 Å². The number of benzene rings is 1. The van der Waals surface area contributed by atoms with Crippen molar-refractivity contribution in [2.24, 2.45) is 0 Å². The van der Waals surface area contributed by atoms with E-state index in [9.17, 15) is 0 Å². The summed E-state index contributed by atoms with van der Waals surface area (Å²) >= 11 is 0. The SMILES string of the molecule is CNC1CCc2cc(OCc3ccno3)ccc21. The molecular weight excluding hydrogens is 228 g/mol. The molecule has 1 aromatic heterocycles. The van der Waals surface area contributed by atoms with Gasteiger partial charge in [0.2, 0.25) is 0 Å². The van der Waals surface area contributed by atoms with Crippen molar-refractivity contribution in [1.29, 1.82) is 0 Å². The Morgan fingerprint density at radius 2 is 2.39 bits per heavy atom. The molecule has 0 aliphatic heterocycles. The molecule has 1 atom stereocenters. The second-order valence-electron chi connectivity index (χ2n) is 4.51. The van der Waals surface area contributed by atoms with E-state index >= 15 is 0 Å². The van der Waals surface area contributed by atoms with E-state index in [0.717, 1.165) is 24.4 Å². The van der Waals surface area contributed by atoms with Gasteiger partial charge in [-0.15, -0.1) is 0 Å². The molecule has 2 aromatic rings. The summed E-state index contributed by atoms with van der Waals surface area (Å²) in [7, 11) is 2.01. The number of fused-ring (bicyclic) bond motifs is 1. The lowest BCUT2D eigenvalue weighted by molar-refractivity contribution is 0.249. The summed E-state index contributed by atoms with van der Waals surface area (Å²) in [5.74, 6) is 1.63. The second kappa shape index (κ2) is 4.82. The molecule has 4 nitrogen and oxygen atoms in total. The fourth-order valence-electron chi connectivity index (χ4n) is 2.45. The normalized spacial score (nSPS) is 17.7. The molecule has 1 N–H and O–H groups in total. The van der Waals surface area contributed by atoms with E-state index in [4.69, 9.17) is 9.26 Å². The van der Waals surface area contributed by atoms with Crippen molar-refractivity contribution in [3.05, 3.63) is 47.3 Å². The molecule has 1 heterocycles. The maximum atomic E-state index is 5.69. The highest BCUT2D eigenvalue weighted by molar-refractivity contribution is 5.40. The molecule has 0 saturated heterocycles. The molecule has 3 rings (SSSR count). The van der Waals surface area contributed by atoms with Crippen LogP contribution in [0.15, 0.2) is 35.0 Å². The Bertz CT molecular complexity index is 523. The summed E-state index contributed by atoms with van der Waals surface area (Å²) < 4.78 is 10.7. The summed E-state index contributed by atoms with van der Waals surface area (Å²) in [6.07, 6.45) is 3.90. The van der Waals surface area contributed by atoms with Gasteiger partial charge in [0, 0.05) is 12.1 Å². The van der Waals surface area contributed by atoms with Gasteiger partial charge in [-0.2, -0.15) is 0 Å². The third-order valence-corrected chi connectivity index (χ3v) is 3.41. The van der Waals surface area contributed by atoms with Gasteiger partial charge in [-0.3, -0.25) is 0 Å². The van der Waals surface area contributed by atoms with Crippen LogP contribution in [0.2, 0.25) is 0 Å². The van der Waals surface area contributed by atoms with Crippen LogP contribution in [0.4, 0.5) is 0 Å². The van der Waals surface area contributed by atoms with Gasteiger partial charge in [-0.1, -0.05) is 11.2 Å². The Labute approximate surface area is 106 Å². The van der Waals surface area contributed by atoms with Crippen molar-refractivity contribution in [1.82, 2.24) is 10.5 Å². The second-order valence-corrected chi connectivity index (χ2v) is 4.51. The minimum absolute atomic E-state index is 0.425. The number of hydrogen-bond acceptors (Lipinski definition) is 4. The highest BCUT2D eigenvalue weighted by Gasteiger charge is 2.21. The van der Waals surface area contributed by atoms with Gasteiger partial charge in [0.1, 0.15) is 12.4 Å². The number of nitrogens with zero attached hydrogens (tertiary/aromatic N) is 1. The minimum atomic E-state index is 0.425. The summed E-state index contributed by atoms with van der Waals surface area (Å²) in [6.45, 7) is 0.425. The molecule has 4 heteroatoms. The van der Waals surface area contributed by atoms with Gasteiger partial charge in [-0.25, -0.2) is 0 Å². The standard InChI is InChI=1S/C14H16N2O2/c1-15-14-5-2-10-8-11(3-4-13(10)14)17-9-12-6-7-16-18-12/h3-4,6-8,14-15H,2,5,9H2,1H3. The summed E-state index contributed by atoms with van der Waals surface area (Å²) in [5, 5.41) is 6.98. The van der Waals surface area contributed by atoms with Gasteiger partial charge in [0.15, 0.2) is 5.76 Å². The lowest BCUT2D eigenvalue weighted by Crippen LogP contribution is -2.12. The first-order valence-corrected chi connectivity index (χ1v) is 6.19. The Morgan fingerprint density at radius 3 is 3.17 bits per heavy atom. The van der Waals surface area contributed by atoms with Crippen LogP contribution in [0.3, 0.4) is 0 Å². The Kier molecular flexibility index (Phi) is 3.02. The lowest BCUT2D eigenvalue weighted by Gasteiger charge is -2.11. The third-order valence-electron chi connectivity index (χ3n) is 3.41. The first-order valence-electron chi connectivity index (χ1n) is 6.19. The molecule has 0 radical (unpaired) electrons. The van der Waals surface area contributed by atoms with Crippen LogP contribution in [0.25, 0.3) is 0 Å². The van der Waals surface area contributed by atoms with E-state index in [1.807, 2.05) is 19.2 Å². The molecule has 1 aromatic carbocycles. The molecule has 18 heavy (non-hydrogen) atoms.